The maximum Gasteiger partial charge on any atom is 0.220 e. The molecule has 4 nitrogen and oxygen atoms in total. The van der Waals surface area contributed by atoms with E-state index in [1.807, 2.05) is 6.07 Å². The molecule has 1 aromatic rings. The highest BCUT2D eigenvalue weighted by atomic mass is 16.1. The van der Waals surface area contributed by atoms with Crippen molar-refractivity contribution in [2.75, 3.05) is 5.73 Å². The fraction of sp³-hybridized carbons (Fsp3) is 0.500. The highest BCUT2D eigenvalue weighted by Crippen LogP contribution is 2.29. The molecule has 0 aliphatic heterocycles. The summed E-state index contributed by atoms with van der Waals surface area (Å²) in [6.45, 7) is 0. The second-order valence-corrected chi connectivity index (χ2v) is 3.65. The van der Waals surface area contributed by atoms with Crippen molar-refractivity contribution in [3.63, 3.8) is 0 Å². The lowest BCUT2D eigenvalue weighted by molar-refractivity contribution is -0.120. The molecule has 0 amide bonds. The summed E-state index contributed by atoms with van der Waals surface area (Å²) in [5.74, 6) is 1.07. The van der Waals surface area contributed by atoms with Gasteiger partial charge in [0.2, 0.25) is 5.95 Å². The van der Waals surface area contributed by atoms with Gasteiger partial charge in [0.1, 0.15) is 5.78 Å². The Kier molecular flexibility index (Phi) is 2.43. The van der Waals surface area contributed by atoms with Crippen molar-refractivity contribution in [3.8, 4) is 0 Å². The van der Waals surface area contributed by atoms with Crippen molar-refractivity contribution in [2.45, 2.75) is 31.6 Å². The molecule has 1 aliphatic rings. The monoisotopic (exact) mass is 191 g/mol. The molecule has 1 saturated carbocycles. The van der Waals surface area contributed by atoms with E-state index in [2.05, 4.69) is 9.97 Å². The molecule has 0 radical (unpaired) electrons. The van der Waals surface area contributed by atoms with Gasteiger partial charge in [0.25, 0.3) is 0 Å². The Morgan fingerprint density at radius 3 is 2.71 bits per heavy atom. The van der Waals surface area contributed by atoms with Crippen LogP contribution in [-0.2, 0) is 4.79 Å². The third-order valence-electron chi connectivity index (χ3n) is 2.66. The van der Waals surface area contributed by atoms with Gasteiger partial charge in [0, 0.05) is 30.7 Å². The summed E-state index contributed by atoms with van der Waals surface area (Å²) >= 11 is 0. The lowest BCUT2D eigenvalue weighted by Crippen LogP contribution is -2.14. The predicted octanol–water partition coefficient (Wildman–Crippen LogP) is 1.29. The second-order valence-electron chi connectivity index (χ2n) is 3.65. The van der Waals surface area contributed by atoms with Crippen LogP contribution in [0.4, 0.5) is 5.95 Å². The first-order valence-corrected chi connectivity index (χ1v) is 4.86. The molecule has 14 heavy (non-hydrogen) atoms. The van der Waals surface area contributed by atoms with E-state index in [0.29, 0.717) is 30.5 Å². The molecule has 2 rings (SSSR count). The molecule has 0 aromatic carbocycles. The van der Waals surface area contributed by atoms with Crippen molar-refractivity contribution >= 4 is 11.7 Å². The summed E-state index contributed by atoms with van der Waals surface area (Å²) in [7, 11) is 0. The minimum Gasteiger partial charge on any atom is -0.368 e. The number of hydrogen-bond acceptors (Lipinski definition) is 4. The first-order chi connectivity index (χ1) is 6.75. The normalized spacial score (nSPS) is 18.4. The molecule has 2 N–H and O–H groups in total. The second kappa shape index (κ2) is 3.74. The number of ketones is 1. The van der Waals surface area contributed by atoms with E-state index in [1.54, 1.807) is 6.20 Å². The van der Waals surface area contributed by atoms with Crippen LogP contribution in [0.5, 0.6) is 0 Å². The van der Waals surface area contributed by atoms with Gasteiger partial charge in [-0.25, -0.2) is 9.97 Å². The fourth-order valence-corrected chi connectivity index (χ4v) is 1.85. The summed E-state index contributed by atoms with van der Waals surface area (Å²) in [5, 5.41) is 0. The Bertz CT molecular complexity index is 341. The number of nitrogens with zero attached hydrogens (tertiary/aromatic N) is 2. The van der Waals surface area contributed by atoms with Gasteiger partial charge in [-0.1, -0.05) is 0 Å². The molecule has 1 fully saturated rings. The standard InChI is InChI=1S/C10H13N3O/c11-10-12-6-5-9(13-10)7-1-3-8(14)4-2-7/h5-7H,1-4H2,(H2,11,12,13). The van der Waals surface area contributed by atoms with Crippen LogP contribution in [0.2, 0.25) is 0 Å². The topological polar surface area (TPSA) is 68.9 Å². The minimum absolute atomic E-state index is 0.319. The molecule has 0 atom stereocenters. The van der Waals surface area contributed by atoms with Crippen molar-refractivity contribution in [1.82, 2.24) is 9.97 Å². The third kappa shape index (κ3) is 1.89. The number of rotatable bonds is 1. The largest absolute Gasteiger partial charge is 0.368 e. The molecule has 4 heteroatoms. The first-order valence-electron chi connectivity index (χ1n) is 4.86. The smallest absolute Gasteiger partial charge is 0.220 e. The molecule has 0 saturated heterocycles. The van der Waals surface area contributed by atoms with E-state index in [4.69, 9.17) is 5.73 Å². The number of anilines is 1. The molecular weight excluding hydrogens is 178 g/mol. The Balaban J connectivity index is 2.12. The van der Waals surface area contributed by atoms with Crippen LogP contribution in [-0.4, -0.2) is 15.8 Å². The Morgan fingerprint density at radius 2 is 2.07 bits per heavy atom. The summed E-state index contributed by atoms with van der Waals surface area (Å²) in [6, 6.07) is 1.89. The van der Waals surface area contributed by atoms with E-state index in [9.17, 15) is 4.79 Å². The number of nitrogens with two attached hydrogens (primary N) is 1. The van der Waals surface area contributed by atoms with E-state index in [-0.39, 0.29) is 0 Å². The lowest BCUT2D eigenvalue weighted by Gasteiger charge is -2.19. The molecule has 1 aromatic heterocycles. The highest BCUT2D eigenvalue weighted by Gasteiger charge is 2.21. The molecule has 1 aliphatic carbocycles. The van der Waals surface area contributed by atoms with Gasteiger partial charge < -0.3 is 5.73 Å². The van der Waals surface area contributed by atoms with Gasteiger partial charge in [0.05, 0.1) is 0 Å². The van der Waals surface area contributed by atoms with Crippen molar-refractivity contribution in [1.29, 1.82) is 0 Å². The number of carbonyl (C=O) groups excluding carboxylic acids is 1. The fourth-order valence-electron chi connectivity index (χ4n) is 1.85. The van der Waals surface area contributed by atoms with Crippen molar-refractivity contribution in [3.05, 3.63) is 18.0 Å². The van der Waals surface area contributed by atoms with E-state index < -0.39 is 0 Å². The number of Topliss-reactive ketones (excluding diaryl/α,β-unsaturated/α-hetero) is 1. The van der Waals surface area contributed by atoms with Crippen LogP contribution >= 0.6 is 0 Å². The average molecular weight is 191 g/mol. The van der Waals surface area contributed by atoms with E-state index in [1.165, 1.54) is 0 Å². The predicted molar refractivity (Wildman–Crippen MR) is 52.7 cm³/mol. The maximum absolute atomic E-state index is 11.0. The summed E-state index contributed by atoms with van der Waals surface area (Å²) < 4.78 is 0. The van der Waals surface area contributed by atoms with Crippen LogP contribution in [0.25, 0.3) is 0 Å². The number of carbonyl (C=O) groups is 1. The molecule has 74 valence electrons. The van der Waals surface area contributed by atoms with E-state index in [0.717, 1.165) is 18.5 Å². The zero-order valence-corrected chi connectivity index (χ0v) is 7.94. The van der Waals surface area contributed by atoms with Gasteiger partial charge in [-0.2, -0.15) is 0 Å². The van der Waals surface area contributed by atoms with Crippen LogP contribution < -0.4 is 5.73 Å². The van der Waals surface area contributed by atoms with Crippen LogP contribution in [0, 0.1) is 0 Å². The van der Waals surface area contributed by atoms with Crippen LogP contribution in [0.15, 0.2) is 12.3 Å². The molecule has 0 unspecified atom stereocenters. The van der Waals surface area contributed by atoms with Crippen molar-refractivity contribution < 1.29 is 4.79 Å². The molecule has 0 spiro atoms. The third-order valence-corrected chi connectivity index (χ3v) is 2.66. The zero-order valence-electron chi connectivity index (χ0n) is 7.94. The SMILES string of the molecule is Nc1nccc(C2CCC(=O)CC2)n1. The highest BCUT2D eigenvalue weighted by molar-refractivity contribution is 5.79. The molecule has 0 bridgehead atoms. The minimum atomic E-state index is 0.319. The summed E-state index contributed by atoms with van der Waals surface area (Å²) in [4.78, 5) is 19.1. The van der Waals surface area contributed by atoms with Gasteiger partial charge >= 0.3 is 0 Å². The number of hydrogen-bond donors (Lipinski definition) is 1. The first kappa shape index (κ1) is 9.12. The zero-order chi connectivity index (χ0) is 9.97. The van der Waals surface area contributed by atoms with Crippen molar-refractivity contribution in [2.24, 2.45) is 0 Å². The Hall–Kier alpha value is -1.45. The van der Waals surface area contributed by atoms with Gasteiger partial charge in [-0.05, 0) is 18.9 Å². The Labute approximate surface area is 82.6 Å². The van der Waals surface area contributed by atoms with E-state index >= 15 is 0 Å². The van der Waals surface area contributed by atoms with Crippen LogP contribution in [0.1, 0.15) is 37.3 Å². The quantitative estimate of drug-likeness (QED) is 0.726. The van der Waals surface area contributed by atoms with Gasteiger partial charge in [0.15, 0.2) is 0 Å². The van der Waals surface area contributed by atoms with Gasteiger partial charge in [-0.15, -0.1) is 0 Å². The summed E-state index contributed by atoms with van der Waals surface area (Å²) in [5.41, 5.74) is 6.48. The van der Waals surface area contributed by atoms with Crippen LogP contribution in [0.3, 0.4) is 0 Å². The maximum atomic E-state index is 11.0. The van der Waals surface area contributed by atoms with Gasteiger partial charge in [-0.3, -0.25) is 4.79 Å². The Morgan fingerprint density at radius 1 is 1.36 bits per heavy atom. The molecule has 1 heterocycles. The summed E-state index contributed by atoms with van der Waals surface area (Å²) in [6.07, 6.45) is 4.82. The average Bonchev–Trinajstić information content (AvgIpc) is 2.19. The lowest BCUT2D eigenvalue weighted by atomic mass is 9.86. The molecular formula is C10H13N3O. The number of nitrogen functional groups attached to an aromatic ring is 1. The number of aromatic nitrogens is 2.